The molecule has 290 valence electrons. The third-order valence-corrected chi connectivity index (χ3v) is 14.0. The summed E-state index contributed by atoms with van der Waals surface area (Å²) in [6, 6.07) is 38.3. The first-order valence-corrected chi connectivity index (χ1v) is 21.6. The van der Waals surface area contributed by atoms with E-state index in [1.165, 1.54) is 65.4 Å². The zero-order valence-corrected chi connectivity index (χ0v) is 35.0. The van der Waals surface area contributed by atoms with E-state index in [0.717, 1.165) is 80.0 Å². The van der Waals surface area contributed by atoms with Crippen molar-refractivity contribution in [1.29, 1.82) is 0 Å². The van der Waals surface area contributed by atoms with Crippen molar-refractivity contribution < 1.29 is 14.2 Å². The first-order valence-electron chi connectivity index (χ1n) is 20.8. The Bertz CT molecular complexity index is 2470. The fourth-order valence-corrected chi connectivity index (χ4v) is 11.0. The van der Waals surface area contributed by atoms with E-state index < -0.39 is 5.60 Å². The molecule has 4 nitrogen and oxygen atoms in total. The van der Waals surface area contributed by atoms with Crippen molar-refractivity contribution in [3.8, 4) is 22.6 Å². The molecule has 6 aromatic rings. The van der Waals surface area contributed by atoms with Gasteiger partial charge in [0.25, 0.3) is 0 Å². The highest BCUT2D eigenvalue weighted by Gasteiger charge is 2.48. The fraction of sp³-hybridized carbons (Fsp3) is 0.308. The molecule has 6 aromatic carbocycles. The zero-order valence-electron chi connectivity index (χ0n) is 34.2. The predicted molar refractivity (Wildman–Crippen MR) is 238 cm³/mol. The number of methoxy groups -OCH3 is 1. The summed E-state index contributed by atoms with van der Waals surface area (Å²) in [7, 11) is 1.72. The Morgan fingerprint density at radius 1 is 0.754 bits per heavy atom. The molecule has 0 saturated carbocycles. The van der Waals surface area contributed by atoms with Crippen LogP contribution in [0.1, 0.15) is 84.0 Å². The molecule has 0 amide bonds. The third kappa shape index (κ3) is 6.26. The average Bonchev–Trinajstić information content (AvgIpc) is 3.51. The number of morpholine rings is 1. The number of hydrogen-bond acceptors (Lipinski definition) is 5. The predicted octanol–water partition coefficient (Wildman–Crippen LogP) is 13.0. The van der Waals surface area contributed by atoms with Crippen LogP contribution in [0.15, 0.2) is 119 Å². The molecule has 1 fully saturated rings. The third-order valence-electron chi connectivity index (χ3n) is 12.6. The minimum Gasteiger partial charge on any atom is -0.497 e. The Hall–Kier alpha value is -4.97. The second kappa shape index (κ2) is 15.1. The minimum atomic E-state index is -0.853. The topological polar surface area (TPSA) is 30.9 Å². The number of ether oxygens (including phenoxy) is 3. The van der Waals surface area contributed by atoms with Crippen LogP contribution < -0.4 is 14.4 Å². The second-order valence-corrected chi connectivity index (χ2v) is 17.3. The van der Waals surface area contributed by atoms with Crippen molar-refractivity contribution in [2.75, 3.05) is 38.3 Å². The van der Waals surface area contributed by atoms with Gasteiger partial charge in [0.15, 0.2) is 5.60 Å². The number of benzene rings is 6. The van der Waals surface area contributed by atoms with Gasteiger partial charge in [-0.2, -0.15) is 0 Å². The molecular weight excluding hydrogens is 719 g/mol. The summed E-state index contributed by atoms with van der Waals surface area (Å²) >= 11 is 1.91. The van der Waals surface area contributed by atoms with E-state index in [4.69, 9.17) is 14.2 Å². The lowest BCUT2D eigenvalue weighted by molar-refractivity contribution is 0.122. The molecule has 9 rings (SSSR count). The van der Waals surface area contributed by atoms with Gasteiger partial charge in [-0.05, 0) is 115 Å². The van der Waals surface area contributed by atoms with Crippen LogP contribution in [0, 0.1) is 20.8 Å². The number of anilines is 1. The molecule has 0 aromatic heterocycles. The van der Waals surface area contributed by atoms with Gasteiger partial charge in [0.2, 0.25) is 0 Å². The molecule has 2 aliphatic heterocycles. The van der Waals surface area contributed by atoms with Gasteiger partial charge in [0, 0.05) is 56.1 Å². The van der Waals surface area contributed by atoms with E-state index in [0.29, 0.717) is 0 Å². The minimum absolute atomic E-state index is 0.152. The van der Waals surface area contributed by atoms with Gasteiger partial charge in [-0.1, -0.05) is 117 Å². The molecule has 1 aliphatic carbocycles. The largest absolute Gasteiger partial charge is 0.497 e. The Morgan fingerprint density at radius 3 is 2.11 bits per heavy atom. The maximum atomic E-state index is 7.74. The fourth-order valence-electron chi connectivity index (χ4n) is 10.0. The van der Waals surface area contributed by atoms with Crippen molar-refractivity contribution in [2.24, 2.45) is 0 Å². The van der Waals surface area contributed by atoms with Gasteiger partial charge in [0.05, 0.1) is 20.3 Å². The van der Waals surface area contributed by atoms with Gasteiger partial charge >= 0.3 is 0 Å². The average molecular weight is 772 g/mol. The smallest absolute Gasteiger partial charge is 0.178 e. The summed E-state index contributed by atoms with van der Waals surface area (Å²) in [4.78, 5) is 5.06. The highest BCUT2D eigenvalue weighted by Crippen LogP contribution is 2.61. The van der Waals surface area contributed by atoms with Crippen LogP contribution in [0.4, 0.5) is 5.69 Å². The van der Waals surface area contributed by atoms with E-state index in [9.17, 15) is 0 Å². The van der Waals surface area contributed by atoms with Gasteiger partial charge in [-0.25, -0.2) is 0 Å². The lowest BCUT2D eigenvalue weighted by atomic mass is 9.69. The molecule has 1 atom stereocenters. The van der Waals surface area contributed by atoms with Gasteiger partial charge in [0.1, 0.15) is 11.5 Å². The second-order valence-electron chi connectivity index (χ2n) is 16.2. The monoisotopic (exact) mass is 771 g/mol. The summed E-state index contributed by atoms with van der Waals surface area (Å²) in [5, 5.41) is 2.43. The van der Waals surface area contributed by atoms with Crippen LogP contribution in [0.3, 0.4) is 0 Å². The number of nitrogens with zero attached hydrogens (tertiary/aromatic N) is 1. The normalized spacial score (nSPS) is 17.9. The van der Waals surface area contributed by atoms with Gasteiger partial charge in [-0.3, -0.25) is 0 Å². The quantitative estimate of drug-likeness (QED) is 0.138. The van der Waals surface area contributed by atoms with Crippen molar-refractivity contribution in [3.63, 3.8) is 0 Å². The Balaban J connectivity index is 1.26. The maximum absolute atomic E-state index is 7.74. The van der Waals surface area contributed by atoms with Gasteiger partial charge < -0.3 is 19.1 Å². The van der Waals surface area contributed by atoms with E-state index >= 15 is 0 Å². The molecule has 57 heavy (non-hydrogen) atoms. The first-order chi connectivity index (χ1) is 27.8. The zero-order chi connectivity index (χ0) is 39.3. The summed E-state index contributed by atoms with van der Waals surface area (Å²) in [6.45, 7) is 14.7. The van der Waals surface area contributed by atoms with Crippen molar-refractivity contribution in [1.82, 2.24) is 0 Å². The van der Waals surface area contributed by atoms with Crippen LogP contribution in [0.2, 0.25) is 0 Å². The van der Waals surface area contributed by atoms with Crippen molar-refractivity contribution in [2.45, 2.75) is 81.1 Å². The lowest BCUT2D eigenvalue weighted by Crippen LogP contribution is -2.37. The molecule has 1 unspecified atom stereocenters. The van der Waals surface area contributed by atoms with Crippen molar-refractivity contribution >= 4 is 34.3 Å². The molecule has 0 N–H and O–H groups in total. The van der Waals surface area contributed by atoms with Crippen LogP contribution in [-0.4, -0.2) is 33.4 Å². The number of fused-ring (bicyclic) bond motifs is 8. The van der Waals surface area contributed by atoms with Crippen LogP contribution in [-0.2, 0) is 15.8 Å². The molecule has 0 radical (unpaired) electrons. The first kappa shape index (κ1) is 37.6. The molecule has 2 heterocycles. The molecule has 3 aliphatic rings. The van der Waals surface area contributed by atoms with Crippen LogP contribution >= 0.6 is 11.8 Å². The number of rotatable bonds is 10. The van der Waals surface area contributed by atoms with Gasteiger partial charge in [-0.15, -0.1) is 0 Å². The standard InChI is InChI=1S/C52H53NO3S/c1-7-25-51(26-8-2)46-33-41(57-50-35(4)10-9-11-36(50)5)21-23-43(46)47-45-32-34(3)12-22-42(45)49-44(48(47)51)24-27-52(56-49,38-15-19-40(54-6)20-16-38)37-13-17-39(18-14-37)53-28-30-55-31-29-53/h9-24,27,32-33H,7-8,25-26,28-31H2,1-6H3. The summed E-state index contributed by atoms with van der Waals surface area (Å²) in [6.07, 6.45) is 9.06. The van der Waals surface area contributed by atoms with E-state index in [2.05, 4.69) is 143 Å². The summed E-state index contributed by atoms with van der Waals surface area (Å²) in [5.74, 6) is 1.79. The van der Waals surface area contributed by atoms with E-state index in [1.807, 2.05) is 23.9 Å². The molecular formula is C52H53NO3S. The Kier molecular flexibility index (Phi) is 9.95. The highest BCUT2D eigenvalue weighted by atomic mass is 32.2. The highest BCUT2D eigenvalue weighted by molar-refractivity contribution is 7.99. The lowest BCUT2D eigenvalue weighted by Gasteiger charge is -2.40. The summed E-state index contributed by atoms with van der Waals surface area (Å²) < 4.78 is 19.0. The molecule has 0 spiro atoms. The van der Waals surface area contributed by atoms with Crippen molar-refractivity contribution in [3.05, 3.63) is 154 Å². The molecule has 0 bridgehead atoms. The maximum Gasteiger partial charge on any atom is 0.178 e. The van der Waals surface area contributed by atoms with E-state index in [-0.39, 0.29) is 5.41 Å². The van der Waals surface area contributed by atoms with E-state index in [1.54, 1.807) is 7.11 Å². The number of hydrogen-bond donors (Lipinski definition) is 0. The number of aryl methyl sites for hydroxylation is 3. The van der Waals surface area contributed by atoms with Crippen LogP contribution in [0.25, 0.3) is 28.0 Å². The summed E-state index contributed by atoms with van der Waals surface area (Å²) in [5.41, 5.74) is 13.1. The Labute approximate surface area is 342 Å². The van der Waals surface area contributed by atoms with Crippen LogP contribution in [0.5, 0.6) is 11.5 Å². The Morgan fingerprint density at radius 2 is 1.44 bits per heavy atom. The SMILES string of the molecule is CCCC1(CCC)c2cc(Sc3c(C)cccc3C)ccc2-c2c1c1c(c3ccc(C)cc23)OC(c2ccc(OC)cc2)(c2ccc(N3CCOCC3)cc2)C=C1. The molecule has 5 heteroatoms. The molecule has 1 saturated heterocycles.